The second-order valence-corrected chi connectivity index (χ2v) is 6.57. The van der Waals surface area contributed by atoms with E-state index in [2.05, 4.69) is 26.6 Å². The summed E-state index contributed by atoms with van der Waals surface area (Å²) in [4.78, 5) is 23.2. The topological polar surface area (TPSA) is 97.4 Å². The SMILES string of the molecule is O=C(Nc1ccc([N+](=O)[O-])cc1Br)[C@@H](NCc1ccco1)c1ccccc1. The van der Waals surface area contributed by atoms with Gasteiger partial charge in [-0.05, 0) is 39.7 Å². The fraction of sp³-hybridized carbons (Fsp3) is 0.105. The largest absolute Gasteiger partial charge is 0.468 e. The van der Waals surface area contributed by atoms with Crippen molar-refractivity contribution in [3.05, 3.63) is 92.8 Å². The Morgan fingerprint density at radius 3 is 2.56 bits per heavy atom. The number of rotatable bonds is 7. The molecule has 0 spiro atoms. The highest BCUT2D eigenvalue weighted by atomic mass is 79.9. The van der Waals surface area contributed by atoms with Gasteiger partial charge in [-0.3, -0.25) is 20.2 Å². The number of furan rings is 1. The van der Waals surface area contributed by atoms with Crippen molar-refractivity contribution >= 4 is 33.2 Å². The number of amides is 1. The normalized spacial score (nSPS) is 11.7. The van der Waals surface area contributed by atoms with Crippen molar-refractivity contribution in [1.29, 1.82) is 0 Å². The minimum absolute atomic E-state index is 0.0598. The first-order valence-electron chi connectivity index (χ1n) is 8.10. The minimum Gasteiger partial charge on any atom is -0.468 e. The van der Waals surface area contributed by atoms with E-state index >= 15 is 0 Å². The fourth-order valence-electron chi connectivity index (χ4n) is 2.55. The molecule has 7 nitrogen and oxygen atoms in total. The maximum Gasteiger partial charge on any atom is 0.270 e. The number of nitrogens with one attached hydrogen (secondary N) is 2. The second kappa shape index (κ2) is 8.61. The summed E-state index contributed by atoms with van der Waals surface area (Å²) in [5.74, 6) is 0.419. The van der Waals surface area contributed by atoms with Crippen molar-refractivity contribution in [3.8, 4) is 0 Å². The number of non-ortho nitro benzene ring substituents is 1. The number of carbonyl (C=O) groups is 1. The van der Waals surface area contributed by atoms with E-state index in [0.717, 1.165) is 5.56 Å². The molecular formula is C19H16BrN3O4. The van der Waals surface area contributed by atoms with Gasteiger partial charge in [-0.15, -0.1) is 0 Å². The van der Waals surface area contributed by atoms with Crippen LogP contribution in [0.4, 0.5) is 11.4 Å². The summed E-state index contributed by atoms with van der Waals surface area (Å²) >= 11 is 3.27. The molecule has 0 saturated carbocycles. The third-order valence-electron chi connectivity index (χ3n) is 3.88. The number of nitrogens with zero attached hydrogens (tertiary/aromatic N) is 1. The number of nitro groups is 1. The Bertz CT molecular complexity index is 929. The highest BCUT2D eigenvalue weighted by Crippen LogP contribution is 2.28. The lowest BCUT2D eigenvalue weighted by molar-refractivity contribution is -0.384. The van der Waals surface area contributed by atoms with Crippen LogP contribution < -0.4 is 10.6 Å². The number of benzene rings is 2. The average Bonchev–Trinajstić information content (AvgIpc) is 3.18. The van der Waals surface area contributed by atoms with Crippen LogP contribution in [0.3, 0.4) is 0 Å². The van der Waals surface area contributed by atoms with Crippen molar-refractivity contribution in [3.63, 3.8) is 0 Å². The molecule has 1 aromatic heterocycles. The van der Waals surface area contributed by atoms with Crippen molar-refractivity contribution in [2.45, 2.75) is 12.6 Å². The maximum absolute atomic E-state index is 12.9. The first-order chi connectivity index (χ1) is 13.0. The third-order valence-corrected chi connectivity index (χ3v) is 4.53. The number of carbonyl (C=O) groups excluding carboxylic acids is 1. The molecule has 1 heterocycles. The molecule has 138 valence electrons. The zero-order valence-corrected chi connectivity index (χ0v) is 15.7. The van der Waals surface area contributed by atoms with Crippen LogP contribution in [-0.4, -0.2) is 10.8 Å². The van der Waals surface area contributed by atoms with Crippen LogP contribution in [0.25, 0.3) is 0 Å². The maximum atomic E-state index is 12.9. The Morgan fingerprint density at radius 2 is 1.93 bits per heavy atom. The number of anilines is 1. The Kier molecular flexibility index (Phi) is 6.00. The van der Waals surface area contributed by atoms with Gasteiger partial charge in [0.25, 0.3) is 5.69 Å². The van der Waals surface area contributed by atoms with Gasteiger partial charge in [-0.1, -0.05) is 30.3 Å². The summed E-state index contributed by atoms with van der Waals surface area (Å²) < 4.78 is 5.74. The van der Waals surface area contributed by atoms with Crippen LogP contribution in [0, 0.1) is 10.1 Å². The van der Waals surface area contributed by atoms with Crippen molar-refractivity contribution in [2.75, 3.05) is 5.32 Å². The molecule has 0 aliphatic carbocycles. The van der Waals surface area contributed by atoms with Gasteiger partial charge in [0.05, 0.1) is 23.4 Å². The van der Waals surface area contributed by atoms with Crippen molar-refractivity contribution in [2.24, 2.45) is 0 Å². The Hall–Kier alpha value is -2.97. The summed E-state index contributed by atoms with van der Waals surface area (Å²) in [5.41, 5.74) is 1.18. The molecule has 0 saturated heterocycles. The summed E-state index contributed by atoms with van der Waals surface area (Å²) in [6.45, 7) is 0.376. The molecule has 0 unspecified atom stereocenters. The van der Waals surface area contributed by atoms with E-state index in [1.165, 1.54) is 18.2 Å². The third kappa shape index (κ3) is 4.81. The molecule has 8 heteroatoms. The molecule has 0 aliphatic heterocycles. The van der Waals surface area contributed by atoms with Crippen LogP contribution in [0.2, 0.25) is 0 Å². The summed E-state index contributed by atoms with van der Waals surface area (Å²) in [6.07, 6.45) is 1.57. The summed E-state index contributed by atoms with van der Waals surface area (Å²) in [6, 6.07) is 16.4. The Morgan fingerprint density at radius 1 is 1.15 bits per heavy atom. The second-order valence-electron chi connectivity index (χ2n) is 5.71. The van der Waals surface area contributed by atoms with Gasteiger partial charge in [-0.2, -0.15) is 0 Å². The first kappa shape index (κ1) is 18.8. The van der Waals surface area contributed by atoms with Gasteiger partial charge < -0.3 is 9.73 Å². The summed E-state index contributed by atoms with van der Waals surface area (Å²) in [7, 11) is 0. The van der Waals surface area contributed by atoms with E-state index in [4.69, 9.17) is 4.42 Å². The smallest absolute Gasteiger partial charge is 0.270 e. The molecule has 1 amide bonds. The molecule has 2 N–H and O–H groups in total. The predicted molar refractivity (Wildman–Crippen MR) is 104 cm³/mol. The zero-order chi connectivity index (χ0) is 19.2. The average molecular weight is 430 g/mol. The fourth-order valence-corrected chi connectivity index (χ4v) is 3.01. The number of hydrogen-bond acceptors (Lipinski definition) is 5. The lowest BCUT2D eigenvalue weighted by Crippen LogP contribution is -2.32. The van der Waals surface area contributed by atoms with Crippen LogP contribution in [0.5, 0.6) is 0 Å². The highest BCUT2D eigenvalue weighted by Gasteiger charge is 2.22. The van der Waals surface area contributed by atoms with Gasteiger partial charge in [0.2, 0.25) is 5.91 Å². The number of halogens is 1. The van der Waals surface area contributed by atoms with Crippen LogP contribution in [0.15, 0.2) is 75.8 Å². The van der Waals surface area contributed by atoms with Crippen LogP contribution in [-0.2, 0) is 11.3 Å². The van der Waals surface area contributed by atoms with Gasteiger partial charge >= 0.3 is 0 Å². The molecule has 0 bridgehead atoms. The molecule has 2 aromatic carbocycles. The predicted octanol–water partition coefficient (Wildman–Crippen LogP) is 4.42. The van der Waals surface area contributed by atoms with Gasteiger partial charge in [0.1, 0.15) is 11.8 Å². The molecule has 1 atom stereocenters. The Balaban J connectivity index is 1.79. The van der Waals surface area contributed by atoms with E-state index in [1.807, 2.05) is 36.4 Å². The van der Waals surface area contributed by atoms with Crippen LogP contribution >= 0.6 is 15.9 Å². The standard InChI is InChI=1S/C19H16BrN3O4/c20-16-11-14(23(25)26)8-9-17(16)22-19(24)18(13-5-2-1-3-6-13)21-12-15-7-4-10-27-15/h1-11,18,21H,12H2,(H,22,24)/t18-/m0/s1. The molecule has 3 rings (SSSR count). The lowest BCUT2D eigenvalue weighted by Gasteiger charge is -2.19. The molecular weight excluding hydrogens is 414 g/mol. The first-order valence-corrected chi connectivity index (χ1v) is 8.89. The summed E-state index contributed by atoms with van der Waals surface area (Å²) in [5, 5.41) is 16.8. The van der Waals surface area contributed by atoms with E-state index < -0.39 is 11.0 Å². The minimum atomic E-state index is -0.626. The van der Waals surface area contributed by atoms with Crippen LogP contribution in [0.1, 0.15) is 17.4 Å². The molecule has 0 aliphatic rings. The lowest BCUT2D eigenvalue weighted by atomic mass is 10.1. The molecule has 27 heavy (non-hydrogen) atoms. The van der Waals surface area contributed by atoms with Crippen molar-refractivity contribution < 1.29 is 14.1 Å². The molecule has 0 fully saturated rings. The van der Waals surface area contributed by atoms with Crippen molar-refractivity contribution in [1.82, 2.24) is 5.32 Å². The van der Waals surface area contributed by atoms with Gasteiger partial charge in [0.15, 0.2) is 0 Å². The molecule has 0 radical (unpaired) electrons. The van der Waals surface area contributed by atoms with E-state index in [9.17, 15) is 14.9 Å². The molecule has 3 aromatic rings. The van der Waals surface area contributed by atoms with E-state index in [0.29, 0.717) is 22.5 Å². The highest BCUT2D eigenvalue weighted by molar-refractivity contribution is 9.10. The monoisotopic (exact) mass is 429 g/mol. The van der Waals surface area contributed by atoms with Gasteiger partial charge in [0, 0.05) is 16.6 Å². The number of nitro benzene ring substituents is 1. The van der Waals surface area contributed by atoms with E-state index in [-0.39, 0.29) is 11.6 Å². The van der Waals surface area contributed by atoms with Gasteiger partial charge in [-0.25, -0.2) is 0 Å². The quantitative estimate of drug-likeness (QED) is 0.427. The van der Waals surface area contributed by atoms with E-state index in [1.54, 1.807) is 12.3 Å². The number of hydrogen-bond donors (Lipinski definition) is 2. The Labute approximate surface area is 163 Å². The zero-order valence-electron chi connectivity index (χ0n) is 14.1.